The van der Waals surface area contributed by atoms with Gasteiger partial charge < -0.3 is 16.0 Å². The van der Waals surface area contributed by atoms with Gasteiger partial charge in [0.25, 0.3) is 0 Å². The number of hydrogen-bond donors (Lipinski definition) is 2. The van der Waals surface area contributed by atoms with Crippen LogP contribution >= 0.6 is 11.3 Å². The lowest BCUT2D eigenvalue weighted by Crippen LogP contribution is -2.43. The van der Waals surface area contributed by atoms with Crippen LogP contribution in [0.1, 0.15) is 30.7 Å². The molecule has 2 atom stereocenters. The lowest BCUT2D eigenvalue weighted by Gasteiger charge is -2.24. The highest BCUT2D eigenvalue weighted by Gasteiger charge is 2.18. The molecule has 0 fully saturated rings. The van der Waals surface area contributed by atoms with Crippen molar-refractivity contribution in [2.45, 2.75) is 31.8 Å². The Morgan fingerprint density at radius 3 is 2.78 bits per heavy atom. The number of amides is 1. The summed E-state index contributed by atoms with van der Waals surface area (Å²) >= 11 is 1.71. The molecule has 0 radical (unpaired) electrons. The van der Waals surface area contributed by atoms with Crippen LogP contribution in [0, 0.1) is 0 Å². The molecule has 1 heterocycles. The van der Waals surface area contributed by atoms with Crippen LogP contribution in [0.2, 0.25) is 0 Å². The van der Waals surface area contributed by atoms with Gasteiger partial charge in [-0.15, -0.1) is 11.3 Å². The molecule has 1 aromatic heterocycles. The maximum Gasteiger partial charge on any atom is 0.236 e. The Labute approximate surface area is 113 Å². The van der Waals surface area contributed by atoms with Crippen molar-refractivity contribution in [2.75, 3.05) is 20.6 Å². The van der Waals surface area contributed by atoms with E-state index >= 15 is 0 Å². The number of hydrogen-bond acceptors (Lipinski definition) is 4. The molecule has 0 aliphatic rings. The first-order chi connectivity index (χ1) is 8.56. The van der Waals surface area contributed by atoms with Crippen LogP contribution in [0.5, 0.6) is 0 Å². The third kappa shape index (κ3) is 4.40. The Morgan fingerprint density at radius 2 is 2.28 bits per heavy atom. The normalized spacial score (nSPS) is 14.5. The summed E-state index contributed by atoms with van der Waals surface area (Å²) < 4.78 is 0. The van der Waals surface area contributed by atoms with E-state index in [2.05, 4.69) is 21.7 Å². The molecule has 5 heteroatoms. The second-order valence-electron chi connectivity index (χ2n) is 4.64. The summed E-state index contributed by atoms with van der Waals surface area (Å²) in [4.78, 5) is 15.1. The Morgan fingerprint density at radius 1 is 1.56 bits per heavy atom. The van der Waals surface area contributed by atoms with Gasteiger partial charge in [0.2, 0.25) is 5.91 Å². The van der Waals surface area contributed by atoms with Crippen molar-refractivity contribution in [2.24, 2.45) is 5.73 Å². The minimum atomic E-state index is -0.388. The summed E-state index contributed by atoms with van der Waals surface area (Å²) in [6.45, 7) is 2.63. The van der Waals surface area contributed by atoms with Gasteiger partial charge in [0, 0.05) is 11.4 Å². The summed E-state index contributed by atoms with van der Waals surface area (Å²) in [5, 5.41) is 4.99. The van der Waals surface area contributed by atoms with Crippen molar-refractivity contribution < 1.29 is 4.79 Å². The Bertz CT molecular complexity index is 351. The summed E-state index contributed by atoms with van der Waals surface area (Å²) in [6.07, 6.45) is 1.66. The molecule has 18 heavy (non-hydrogen) atoms. The third-order valence-electron chi connectivity index (χ3n) is 2.90. The fraction of sp³-hybridized carbons (Fsp3) is 0.615. The van der Waals surface area contributed by atoms with Crippen LogP contribution in [0.3, 0.4) is 0 Å². The van der Waals surface area contributed by atoms with Crippen molar-refractivity contribution in [1.82, 2.24) is 10.2 Å². The van der Waals surface area contributed by atoms with Crippen LogP contribution < -0.4 is 11.1 Å². The molecule has 0 aliphatic carbocycles. The number of carbonyl (C=O) groups is 1. The summed E-state index contributed by atoms with van der Waals surface area (Å²) in [6, 6.07) is 3.94. The Hall–Kier alpha value is -0.910. The van der Waals surface area contributed by atoms with E-state index in [4.69, 9.17) is 5.73 Å². The molecule has 0 bridgehead atoms. The fourth-order valence-electron chi connectivity index (χ4n) is 1.79. The van der Waals surface area contributed by atoms with Crippen LogP contribution in [-0.4, -0.2) is 37.5 Å². The van der Waals surface area contributed by atoms with Gasteiger partial charge >= 0.3 is 0 Å². The monoisotopic (exact) mass is 269 g/mol. The molecule has 1 amide bonds. The first-order valence-corrected chi connectivity index (χ1v) is 7.17. The maximum atomic E-state index is 11.8. The molecule has 1 unspecified atom stereocenters. The summed E-state index contributed by atoms with van der Waals surface area (Å²) in [5.74, 6) is -0.0553. The molecule has 102 valence electrons. The number of nitrogens with zero attached hydrogens (tertiary/aromatic N) is 1. The van der Waals surface area contributed by atoms with E-state index in [1.54, 1.807) is 11.3 Å². The quantitative estimate of drug-likeness (QED) is 0.790. The lowest BCUT2D eigenvalue weighted by molar-refractivity contribution is -0.122. The Kier molecular flexibility index (Phi) is 6.32. The van der Waals surface area contributed by atoms with Crippen molar-refractivity contribution in [1.29, 1.82) is 0 Å². The predicted octanol–water partition coefficient (Wildman–Crippen LogP) is 1.59. The molecule has 3 N–H and O–H groups in total. The zero-order valence-corrected chi connectivity index (χ0v) is 12.2. The minimum absolute atomic E-state index is 0.0553. The van der Waals surface area contributed by atoms with Gasteiger partial charge in [-0.05, 0) is 32.0 Å². The molecule has 1 aromatic rings. The number of nitrogens with two attached hydrogens (primary N) is 1. The molecule has 4 nitrogen and oxygen atoms in total. The van der Waals surface area contributed by atoms with Crippen LogP contribution in [-0.2, 0) is 4.79 Å². The highest BCUT2D eigenvalue weighted by atomic mass is 32.1. The average molecular weight is 269 g/mol. The van der Waals surface area contributed by atoms with Gasteiger partial charge in [-0.2, -0.15) is 0 Å². The van der Waals surface area contributed by atoms with Crippen LogP contribution in [0.4, 0.5) is 0 Å². The molecule has 0 saturated heterocycles. The number of rotatable bonds is 7. The highest BCUT2D eigenvalue weighted by Crippen LogP contribution is 2.22. The molecule has 0 aliphatic heterocycles. The highest BCUT2D eigenvalue weighted by molar-refractivity contribution is 7.10. The van der Waals surface area contributed by atoms with E-state index in [1.165, 1.54) is 4.88 Å². The van der Waals surface area contributed by atoms with Gasteiger partial charge in [-0.25, -0.2) is 0 Å². The first-order valence-electron chi connectivity index (χ1n) is 6.29. The summed E-state index contributed by atoms with van der Waals surface area (Å²) in [5.41, 5.74) is 5.79. The van der Waals surface area contributed by atoms with Gasteiger partial charge in [-0.3, -0.25) is 4.79 Å². The lowest BCUT2D eigenvalue weighted by atomic mass is 10.1. The topological polar surface area (TPSA) is 58.4 Å². The van der Waals surface area contributed by atoms with Crippen LogP contribution in [0.25, 0.3) is 0 Å². The van der Waals surface area contributed by atoms with E-state index < -0.39 is 0 Å². The van der Waals surface area contributed by atoms with Gasteiger partial charge in [0.1, 0.15) is 0 Å². The van der Waals surface area contributed by atoms with Crippen molar-refractivity contribution >= 4 is 17.2 Å². The third-order valence-corrected chi connectivity index (χ3v) is 3.87. The fourth-order valence-corrected chi connectivity index (χ4v) is 2.71. The summed E-state index contributed by atoms with van der Waals surface area (Å²) in [7, 11) is 4.03. The number of nitrogens with one attached hydrogen (secondary N) is 1. The van der Waals surface area contributed by atoms with Crippen molar-refractivity contribution in [3.8, 4) is 0 Å². The van der Waals surface area contributed by atoms with Crippen molar-refractivity contribution in [3.05, 3.63) is 22.4 Å². The van der Waals surface area contributed by atoms with E-state index in [0.717, 1.165) is 12.8 Å². The van der Waals surface area contributed by atoms with E-state index in [-0.39, 0.29) is 18.0 Å². The molecule has 0 aromatic carbocycles. The van der Waals surface area contributed by atoms with E-state index in [1.807, 2.05) is 27.1 Å². The van der Waals surface area contributed by atoms with E-state index in [9.17, 15) is 4.79 Å². The SMILES string of the molecule is CCC[C@H](N)C(=O)NCC(c1cccs1)N(C)C. The molecular weight excluding hydrogens is 246 g/mol. The zero-order valence-electron chi connectivity index (χ0n) is 11.3. The predicted molar refractivity (Wildman–Crippen MR) is 76.6 cm³/mol. The van der Waals surface area contributed by atoms with E-state index in [0.29, 0.717) is 6.54 Å². The number of carbonyl (C=O) groups excluding carboxylic acids is 1. The number of likely N-dealkylation sites (N-methyl/N-ethyl adjacent to an activating group) is 1. The molecule has 0 saturated carbocycles. The molecular formula is C13H23N3OS. The van der Waals surface area contributed by atoms with Gasteiger partial charge in [-0.1, -0.05) is 19.4 Å². The van der Waals surface area contributed by atoms with Crippen molar-refractivity contribution in [3.63, 3.8) is 0 Å². The maximum absolute atomic E-state index is 11.8. The molecule has 1 rings (SSSR count). The zero-order chi connectivity index (χ0) is 13.5. The Balaban J connectivity index is 2.51. The smallest absolute Gasteiger partial charge is 0.236 e. The molecule has 0 spiro atoms. The van der Waals surface area contributed by atoms with Gasteiger partial charge in [0.15, 0.2) is 0 Å². The minimum Gasteiger partial charge on any atom is -0.353 e. The first kappa shape index (κ1) is 15.1. The number of thiophene rings is 1. The largest absolute Gasteiger partial charge is 0.353 e. The average Bonchev–Trinajstić information content (AvgIpc) is 2.82. The van der Waals surface area contributed by atoms with Gasteiger partial charge in [0.05, 0.1) is 12.1 Å². The second-order valence-corrected chi connectivity index (χ2v) is 5.61. The van der Waals surface area contributed by atoms with Crippen LogP contribution in [0.15, 0.2) is 17.5 Å². The standard InChI is InChI=1S/C13H23N3OS/c1-4-6-10(14)13(17)15-9-11(16(2)3)12-7-5-8-18-12/h5,7-8,10-11H,4,6,9,14H2,1-3H3,(H,15,17)/t10-,11?/m0/s1. The second kappa shape index (κ2) is 7.51.